The zero-order valence-corrected chi connectivity index (χ0v) is 13.4. The van der Waals surface area contributed by atoms with E-state index in [1.54, 1.807) is 6.08 Å². The Bertz CT molecular complexity index is 521. The number of hydrogen-bond acceptors (Lipinski definition) is 2. The Morgan fingerprint density at radius 3 is 2.75 bits per heavy atom. The largest absolute Gasteiger partial charge is 0.478 e. The minimum Gasteiger partial charge on any atom is -0.478 e. The van der Waals surface area contributed by atoms with Gasteiger partial charge in [-0.05, 0) is 48.6 Å². The molecule has 1 aliphatic rings. The smallest absolute Gasteiger partial charge is 0.328 e. The second-order valence-corrected chi connectivity index (χ2v) is 6.57. The Labute approximate surface area is 128 Å². The standard InChI is InChI=1S/C16H20BrNO2/c1-11(2)10-18(14-5-6-14)15-7-4-13(17)9-12(15)3-8-16(19)20/h3-4,7-9,11,14H,5-6,10H2,1-2H3,(H,19,20)/b8-3+. The van der Waals surface area contributed by atoms with Gasteiger partial charge >= 0.3 is 5.97 Å². The summed E-state index contributed by atoms with van der Waals surface area (Å²) in [5, 5.41) is 8.83. The Balaban J connectivity index is 2.34. The number of nitrogens with zero attached hydrogens (tertiary/aromatic N) is 1. The fraction of sp³-hybridized carbons (Fsp3) is 0.438. The van der Waals surface area contributed by atoms with E-state index in [2.05, 4.69) is 40.7 Å². The summed E-state index contributed by atoms with van der Waals surface area (Å²) in [6.07, 6.45) is 5.33. The van der Waals surface area contributed by atoms with Crippen molar-refractivity contribution < 1.29 is 9.90 Å². The molecule has 1 fully saturated rings. The highest BCUT2D eigenvalue weighted by Gasteiger charge is 2.30. The van der Waals surface area contributed by atoms with E-state index in [0.717, 1.165) is 22.3 Å². The molecule has 0 atom stereocenters. The lowest BCUT2D eigenvalue weighted by Crippen LogP contribution is -2.30. The third-order valence-electron chi connectivity index (χ3n) is 3.25. The Morgan fingerprint density at radius 1 is 1.50 bits per heavy atom. The van der Waals surface area contributed by atoms with E-state index in [0.29, 0.717) is 12.0 Å². The van der Waals surface area contributed by atoms with Gasteiger partial charge in [-0.3, -0.25) is 0 Å². The molecule has 1 N–H and O–H groups in total. The van der Waals surface area contributed by atoms with Gasteiger partial charge in [-0.2, -0.15) is 0 Å². The first-order valence-corrected chi connectivity index (χ1v) is 7.74. The van der Waals surface area contributed by atoms with E-state index < -0.39 is 5.97 Å². The van der Waals surface area contributed by atoms with Gasteiger partial charge < -0.3 is 10.0 Å². The van der Waals surface area contributed by atoms with Crippen LogP contribution in [-0.4, -0.2) is 23.7 Å². The molecule has 0 bridgehead atoms. The first-order valence-electron chi connectivity index (χ1n) is 6.94. The second kappa shape index (κ2) is 6.44. The van der Waals surface area contributed by atoms with E-state index in [1.807, 2.05) is 12.1 Å². The number of carbonyl (C=O) groups is 1. The van der Waals surface area contributed by atoms with Crippen LogP contribution in [-0.2, 0) is 4.79 Å². The summed E-state index contributed by atoms with van der Waals surface area (Å²) in [7, 11) is 0. The van der Waals surface area contributed by atoms with Crippen LogP contribution in [0.15, 0.2) is 28.7 Å². The lowest BCUT2D eigenvalue weighted by Gasteiger charge is -2.28. The molecular weight excluding hydrogens is 318 g/mol. The van der Waals surface area contributed by atoms with Gasteiger partial charge in [-0.25, -0.2) is 4.79 Å². The van der Waals surface area contributed by atoms with E-state index in [-0.39, 0.29) is 0 Å². The van der Waals surface area contributed by atoms with Crippen molar-refractivity contribution in [3.63, 3.8) is 0 Å². The van der Waals surface area contributed by atoms with E-state index in [4.69, 9.17) is 5.11 Å². The Kier molecular flexibility index (Phi) is 4.86. The molecule has 0 heterocycles. The number of carboxylic acids is 1. The summed E-state index contributed by atoms with van der Waals surface area (Å²) < 4.78 is 0.964. The van der Waals surface area contributed by atoms with Crippen LogP contribution in [0.3, 0.4) is 0 Å². The van der Waals surface area contributed by atoms with E-state index in [1.165, 1.54) is 18.9 Å². The zero-order chi connectivity index (χ0) is 14.7. The number of aliphatic carboxylic acids is 1. The number of carboxylic acid groups (broad SMARTS) is 1. The van der Waals surface area contributed by atoms with Crippen molar-refractivity contribution in [3.8, 4) is 0 Å². The van der Waals surface area contributed by atoms with Crippen molar-refractivity contribution >= 4 is 33.7 Å². The maximum Gasteiger partial charge on any atom is 0.328 e. The third-order valence-corrected chi connectivity index (χ3v) is 3.75. The van der Waals surface area contributed by atoms with Crippen molar-refractivity contribution in [2.24, 2.45) is 5.92 Å². The van der Waals surface area contributed by atoms with Gasteiger partial charge in [0, 0.05) is 28.8 Å². The summed E-state index contributed by atoms with van der Waals surface area (Å²) in [4.78, 5) is 13.2. The SMILES string of the molecule is CC(C)CN(c1ccc(Br)cc1/C=C/C(=O)O)C1CC1. The van der Waals surface area contributed by atoms with Gasteiger partial charge in [0.05, 0.1) is 0 Å². The van der Waals surface area contributed by atoms with Crippen LogP contribution in [0.5, 0.6) is 0 Å². The molecule has 0 radical (unpaired) electrons. The van der Waals surface area contributed by atoms with E-state index >= 15 is 0 Å². The number of hydrogen-bond donors (Lipinski definition) is 1. The molecule has 0 aliphatic heterocycles. The highest BCUT2D eigenvalue weighted by Crippen LogP contribution is 2.35. The summed E-state index contributed by atoms with van der Waals surface area (Å²) in [5.41, 5.74) is 2.08. The highest BCUT2D eigenvalue weighted by molar-refractivity contribution is 9.10. The summed E-state index contributed by atoms with van der Waals surface area (Å²) in [5.74, 6) is -0.340. The average molecular weight is 338 g/mol. The Morgan fingerprint density at radius 2 is 2.20 bits per heavy atom. The van der Waals surface area contributed by atoms with Crippen LogP contribution in [0.1, 0.15) is 32.3 Å². The lowest BCUT2D eigenvalue weighted by atomic mass is 10.1. The molecule has 2 rings (SSSR count). The molecule has 0 unspecified atom stereocenters. The van der Waals surface area contributed by atoms with Crippen LogP contribution < -0.4 is 4.90 Å². The van der Waals surface area contributed by atoms with Crippen LogP contribution in [0.25, 0.3) is 6.08 Å². The molecule has 1 aromatic rings. The van der Waals surface area contributed by atoms with Crippen LogP contribution in [0.2, 0.25) is 0 Å². The normalized spacial score (nSPS) is 15.0. The van der Waals surface area contributed by atoms with Gasteiger partial charge in [0.1, 0.15) is 0 Å². The maximum absolute atomic E-state index is 10.8. The second-order valence-electron chi connectivity index (χ2n) is 5.65. The average Bonchev–Trinajstić information content (AvgIpc) is 3.18. The van der Waals surface area contributed by atoms with Crippen molar-refractivity contribution in [2.75, 3.05) is 11.4 Å². The molecule has 0 aromatic heterocycles. The number of anilines is 1. The first kappa shape index (κ1) is 15.1. The van der Waals surface area contributed by atoms with Gasteiger partial charge in [-0.1, -0.05) is 29.8 Å². The van der Waals surface area contributed by atoms with Crippen LogP contribution >= 0.6 is 15.9 Å². The molecular formula is C16H20BrNO2. The predicted octanol–water partition coefficient (Wildman–Crippen LogP) is 4.17. The summed E-state index contributed by atoms with van der Waals surface area (Å²) >= 11 is 3.46. The van der Waals surface area contributed by atoms with Gasteiger partial charge in [0.25, 0.3) is 0 Å². The zero-order valence-electron chi connectivity index (χ0n) is 11.8. The molecule has 1 saturated carbocycles. The molecule has 0 amide bonds. The minimum absolute atomic E-state index is 0.579. The van der Waals surface area contributed by atoms with Gasteiger partial charge in [-0.15, -0.1) is 0 Å². The quantitative estimate of drug-likeness (QED) is 0.792. The molecule has 0 spiro atoms. The minimum atomic E-state index is -0.919. The fourth-order valence-electron chi connectivity index (χ4n) is 2.31. The first-order chi connectivity index (χ1) is 9.47. The topological polar surface area (TPSA) is 40.5 Å². The Hall–Kier alpha value is -1.29. The van der Waals surface area contributed by atoms with Crippen molar-refractivity contribution in [1.82, 2.24) is 0 Å². The van der Waals surface area contributed by atoms with Gasteiger partial charge in [0.2, 0.25) is 0 Å². The number of benzene rings is 1. The molecule has 0 saturated heterocycles. The number of halogens is 1. The highest BCUT2D eigenvalue weighted by atomic mass is 79.9. The van der Waals surface area contributed by atoms with Crippen LogP contribution in [0, 0.1) is 5.92 Å². The molecule has 4 heteroatoms. The summed E-state index contributed by atoms with van der Waals surface area (Å²) in [6, 6.07) is 6.68. The molecule has 1 aliphatic carbocycles. The predicted molar refractivity (Wildman–Crippen MR) is 86.0 cm³/mol. The van der Waals surface area contributed by atoms with Crippen molar-refractivity contribution in [3.05, 3.63) is 34.3 Å². The lowest BCUT2D eigenvalue weighted by molar-refractivity contribution is -0.131. The van der Waals surface area contributed by atoms with Crippen molar-refractivity contribution in [1.29, 1.82) is 0 Å². The molecule has 20 heavy (non-hydrogen) atoms. The molecule has 1 aromatic carbocycles. The van der Waals surface area contributed by atoms with Gasteiger partial charge in [0.15, 0.2) is 0 Å². The van der Waals surface area contributed by atoms with Crippen LogP contribution in [0.4, 0.5) is 5.69 Å². The maximum atomic E-state index is 10.8. The van der Waals surface area contributed by atoms with E-state index in [9.17, 15) is 4.79 Å². The van der Waals surface area contributed by atoms with Crippen molar-refractivity contribution in [2.45, 2.75) is 32.7 Å². The summed E-state index contributed by atoms with van der Waals surface area (Å²) in [6.45, 7) is 5.42. The molecule has 3 nitrogen and oxygen atoms in total. The third kappa shape index (κ3) is 4.10. The number of rotatable bonds is 6. The molecule has 108 valence electrons. The fourth-order valence-corrected chi connectivity index (χ4v) is 2.68. The monoisotopic (exact) mass is 337 g/mol.